The molecule has 1 aliphatic heterocycles. The zero-order chi connectivity index (χ0) is 17.3. The van der Waals surface area contributed by atoms with Gasteiger partial charge in [-0.05, 0) is 13.3 Å². The third-order valence-electron chi connectivity index (χ3n) is 4.72. The van der Waals surface area contributed by atoms with Crippen LogP contribution in [0.1, 0.15) is 62.5 Å². The van der Waals surface area contributed by atoms with E-state index in [1.165, 1.54) is 22.5 Å². The van der Waals surface area contributed by atoms with Crippen LogP contribution in [0.4, 0.5) is 0 Å². The molecule has 0 unspecified atom stereocenters. The van der Waals surface area contributed by atoms with E-state index < -0.39 is 0 Å². The third-order valence-corrected chi connectivity index (χ3v) is 4.72. The molecule has 0 radical (unpaired) electrons. The Morgan fingerprint density at radius 3 is 2.71 bits per heavy atom. The molecule has 2 aromatic heterocycles. The molecule has 0 atom stereocenters. The molecule has 0 fully saturated rings. The van der Waals surface area contributed by atoms with Crippen LogP contribution in [0.5, 0.6) is 0 Å². The van der Waals surface area contributed by atoms with Gasteiger partial charge in [0.2, 0.25) is 0 Å². The highest BCUT2D eigenvalue weighted by molar-refractivity contribution is 5.23. The first kappa shape index (κ1) is 17.1. The van der Waals surface area contributed by atoms with Crippen molar-refractivity contribution in [3.05, 3.63) is 40.7 Å². The maximum absolute atomic E-state index is 4.82. The second-order valence-electron chi connectivity index (χ2n) is 7.85. The molecule has 24 heavy (non-hydrogen) atoms. The lowest BCUT2D eigenvalue weighted by atomic mass is 9.95. The van der Waals surface area contributed by atoms with Gasteiger partial charge in [-0.3, -0.25) is 9.58 Å². The minimum Gasteiger partial charge on any atom is -0.294 e. The van der Waals surface area contributed by atoms with Gasteiger partial charge < -0.3 is 0 Å². The molecule has 0 saturated carbocycles. The van der Waals surface area contributed by atoms with Crippen LogP contribution in [0, 0.1) is 6.92 Å². The van der Waals surface area contributed by atoms with Crippen molar-refractivity contribution in [1.29, 1.82) is 0 Å². The molecule has 0 amide bonds. The average molecular weight is 327 g/mol. The number of rotatable bonds is 4. The van der Waals surface area contributed by atoms with Gasteiger partial charge >= 0.3 is 0 Å². The van der Waals surface area contributed by atoms with Crippen molar-refractivity contribution >= 4 is 0 Å². The van der Waals surface area contributed by atoms with Crippen LogP contribution in [0.25, 0.3) is 0 Å². The van der Waals surface area contributed by atoms with Crippen molar-refractivity contribution in [2.45, 2.75) is 72.5 Å². The van der Waals surface area contributed by atoms with E-state index in [-0.39, 0.29) is 5.41 Å². The van der Waals surface area contributed by atoms with Crippen LogP contribution < -0.4 is 0 Å². The summed E-state index contributed by atoms with van der Waals surface area (Å²) in [4.78, 5) is 11.9. The summed E-state index contributed by atoms with van der Waals surface area (Å²) in [7, 11) is 0. The molecule has 0 spiro atoms. The quantitative estimate of drug-likeness (QED) is 0.865. The summed E-state index contributed by atoms with van der Waals surface area (Å²) in [6.07, 6.45) is 6.18. The molecule has 3 heterocycles. The van der Waals surface area contributed by atoms with Gasteiger partial charge in [0.15, 0.2) is 0 Å². The second kappa shape index (κ2) is 6.63. The van der Waals surface area contributed by atoms with Gasteiger partial charge in [0.25, 0.3) is 0 Å². The van der Waals surface area contributed by atoms with E-state index in [0.29, 0.717) is 0 Å². The molecule has 1 aliphatic rings. The first-order valence-electron chi connectivity index (χ1n) is 8.97. The van der Waals surface area contributed by atoms with Crippen molar-refractivity contribution in [1.82, 2.24) is 24.6 Å². The van der Waals surface area contributed by atoms with E-state index in [4.69, 9.17) is 4.98 Å². The number of aromatic nitrogens is 4. The van der Waals surface area contributed by atoms with Gasteiger partial charge in [0, 0.05) is 66.7 Å². The fourth-order valence-electron chi connectivity index (χ4n) is 3.19. The fourth-order valence-corrected chi connectivity index (χ4v) is 3.19. The van der Waals surface area contributed by atoms with E-state index in [1.807, 2.05) is 12.4 Å². The molecule has 5 heteroatoms. The first-order valence-corrected chi connectivity index (χ1v) is 8.97. The zero-order valence-corrected chi connectivity index (χ0v) is 15.6. The molecular formula is C19H29N5. The van der Waals surface area contributed by atoms with Crippen LogP contribution >= 0.6 is 0 Å². The van der Waals surface area contributed by atoms with Crippen molar-refractivity contribution < 1.29 is 0 Å². The standard InChI is InChI=1S/C19H29N5/c1-6-8-24-14(2)15(11-21-24)12-23-9-7-17-16(13-23)10-20-18(22-17)19(3,4)5/h10-11H,6-9,12-13H2,1-5H3. The second-order valence-corrected chi connectivity index (χ2v) is 7.85. The summed E-state index contributed by atoms with van der Waals surface area (Å²) >= 11 is 0. The smallest absolute Gasteiger partial charge is 0.133 e. The van der Waals surface area contributed by atoms with Gasteiger partial charge in [-0.15, -0.1) is 0 Å². The molecule has 3 rings (SSSR count). The Bertz CT molecular complexity index is 711. The Morgan fingerprint density at radius 2 is 2.00 bits per heavy atom. The predicted octanol–water partition coefficient (Wildman–Crippen LogP) is 3.25. The van der Waals surface area contributed by atoms with E-state index in [0.717, 1.165) is 44.8 Å². The van der Waals surface area contributed by atoms with Crippen molar-refractivity contribution in [2.75, 3.05) is 6.54 Å². The molecular weight excluding hydrogens is 298 g/mol. The van der Waals surface area contributed by atoms with E-state index in [2.05, 4.69) is 54.3 Å². The van der Waals surface area contributed by atoms with Gasteiger partial charge in [-0.1, -0.05) is 27.7 Å². The molecule has 130 valence electrons. The third kappa shape index (κ3) is 3.51. The number of fused-ring (bicyclic) bond motifs is 1. The van der Waals surface area contributed by atoms with E-state index >= 15 is 0 Å². The normalized spacial score (nSPS) is 15.5. The average Bonchev–Trinajstić information content (AvgIpc) is 2.87. The fraction of sp³-hybridized carbons (Fsp3) is 0.632. The Hall–Kier alpha value is -1.75. The summed E-state index contributed by atoms with van der Waals surface area (Å²) in [5, 5.41) is 4.52. The highest BCUT2D eigenvalue weighted by Gasteiger charge is 2.23. The summed E-state index contributed by atoms with van der Waals surface area (Å²) in [5.41, 5.74) is 5.13. The number of hydrogen-bond acceptors (Lipinski definition) is 4. The maximum Gasteiger partial charge on any atom is 0.133 e. The lowest BCUT2D eigenvalue weighted by Crippen LogP contribution is -2.32. The van der Waals surface area contributed by atoms with Crippen LogP contribution in [0.3, 0.4) is 0 Å². The number of aryl methyl sites for hydroxylation is 1. The number of hydrogen-bond donors (Lipinski definition) is 0. The van der Waals surface area contributed by atoms with Crippen LogP contribution in [0.15, 0.2) is 12.4 Å². The maximum atomic E-state index is 4.82. The highest BCUT2D eigenvalue weighted by Crippen LogP contribution is 2.23. The van der Waals surface area contributed by atoms with Gasteiger partial charge in [-0.2, -0.15) is 5.10 Å². The largest absolute Gasteiger partial charge is 0.294 e. The van der Waals surface area contributed by atoms with Gasteiger partial charge in [0.1, 0.15) is 5.82 Å². The Kier molecular flexibility index (Phi) is 4.72. The van der Waals surface area contributed by atoms with Crippen molar-refractivity contribution in [2.24, 2.45) is 0 Å². The minimum absolute atomic E-state index is 0.0110. The molecule has 0 aliphatic carbocycles. The van der Waals surface area contributed by atoms with E-state index in [1.54, 1.807) is 0 Å². The highest BCUT2D eigenvalue weighted by atomic mass is 15.3. The summed E-state index contributed by atoms with van der Waals surface area (Å²) in [6, 6.07) is 0. The number of nitrogens with zero attached hydrogens (tertiary/aromatic N) is 5. The zero-order valence-electron chi connectivity index (χ0n) is 15.6. The summed E-state index contributed by atoms with van der Waals surface area (Å²) < 4.78 is 2.12. The Morgan fingerprint density at radius 1 is 1.21 bits per heavy atom. The molecule has 0 N–H and O–H groups in total. The van der Waals surface area contributed by atoms with Crippen molar-refractivity contribution in [3.63, 3.8) is 0 Å². The van der Waals surface area contributed by atoms with Gasteiger partial charge in [0.05, 0.1) is 6.20 Å². The molecule has 0 saturated heterocycles. The first-order chi connectivity index (χ1) is 11.4. The molecule has 2 aromatic rings. The Labute approximate surface area is 145 Å². The lowest BCUT2D eigenvalue weighted by Gasteiger charge is -2.29. The van der Waals surface area contributed by atoms with Gasteiger partial charge in [-0.25, -0.2) is 9.97 Å². The van der Waals surface area contributed by atoms with Crippen LogP contribution in [-0.2, 0) is 31.5 Å². The van der Waals surface area contributed by atoms with E-state index in [9.17, 15) is 0 Å². The molecule has 5 nitrogen and oxygen atoms in total. The Balaban J connectivity index is 1.72. The SMILES string of the molecule is CCCn1ncc(CN2CCc3nc(C(C)(C)C)ncc3C2)c1C. The monoisotopic (exact) mass is 327 g/mol. The van der Waals surface area contributed by atoms with Crippen LogP contribution in [-0.4, -0.2) is 31.2 Å². The minimum atomic E-state index is 0.0110. The lowest BCUT2D eigenvalue weighted by molar-refractivity contribution is 0.241. The molecule has 0 bridgehead atoms. The predicted molar refractivity (Wildman–Crippen MR) is 95.8 cm³/mol. The van der Waals surface area contributed by atoms with Crippen molar-refractivity contribution in [3.8, 4) is 0 Å². The summed E-state index contributed by atoms with van der Waals surface area (Å²) in [5.74, 6) is 0.950. The topological polar surface area (TPSA) is 46.8 Å². The summed E-state index contributed by atoms with van der Waals surface area (Å²) in [6.45, 7) is 14.8. The molecule has 0 aromatic carbocycles. The van der Waals surface area contributed by atoms with Crippen LogP contribution in [0.2, 0.25) is 0 Å².